The number of likely N-dealkylation sites (N-methyl/N-ethyl adjacent to an activating group) is 1. The van der Waals surface area contributed by atoms with E-state index in [9.17, 15) is 44.4 Å². The van der Waals surface area contributed by atoms with Gasteiger partial charge in [-0.25, -0.2) is 4.79 Å². The molecule has 5 N–H and O–H groups in total. The van der Waals surface area contributed by atoms with E-state index in [0.717, 1.165) is 24.0 Å². The third kappa shape index (κ3) is 11.6. The van der Waals surface area contributed by atoms with Crippen LogP contribution in [0.1, 0.15) is 111 Å². The van der Waals surface area contributed by atoms with Crippen LogP contribution in [0.25, 0.3) is 10.9 Å². The zero-order valence-electron chi connectivity index (χ0n) is 41.8. The molecule has 18 nitrogen and oxygen atoms in total. The lowest BCUT2D eigenvalue weighted by Crippen LogP contribution is -2.60. The Morgan fingerprint density at radius 1 is 1.00 bits per heavy atom. The number of aromatic nitrogens is 1. The Hall–Kier alpha value is -4.01. The number of ketones is 1. The highest BCUT2D eigenvalue weighted by Gasteiger charge is 2.51. The number of carbonyl (C=O) groups excluding carboxylic acids is 3. The van der Waals surface area contributed by atoms with Crippen molar-refractivity contribution in [3.8, 4) is 0 Å². The van der Waals surface area contributed by atoms with E-state index < -0.39 is 94.8 Å². The Labute approximate surface area is 400 Å². The molecule has 6 rings (SSSR count). The van der Waals surface area contributed by atoms with Crippen molar-refractivity contribution in [3.05, 3.63) is 40.2 Å². The van der Waals surface area contributed by atoms with Crippen LogP contribution in [0.15, 0.2) is 29.2 Å². The number of benzene rings is 1. The molecule has 2 aromatic rings. The molecular formula is C50H77N5O13. The smallest absolute Gasteiger partial charge is 0.341 e. The average Bonchev–Trinajstić information content (AvgIpc) is 4.14. The first-order valence-corrected chi connectivity index (χ1v) is 24.5. The second-order valence-electron chi connectivity index (χ2n) is 21.0. The van der Waals surface area contributed by atoms with Gasteiger partial charge in [0.15, 0.2) is 12.1 Å². The number of ether oxygens (including phenoxy) is 4. The van der Waals surface area contributed by atoms with Gasteiger partial charge in [-0.1, -0.05) is 27.7 Å². The molecule has 18 heteroatoms. The van der Waals surface area contributed by atoms with Crippen LogP contribution in [0, 0.1) is 23.7 Å². The number of rotatable bonds is 12. The number of nitrogens with zero attached hydrogens (tertiary/aromatic N) is 4. The largest absolute Gasteiger partial charge is 0.477 e. The molecule has 0 spiro atoms. The summed E-state index contributed by atoms with van der Waals surface area (Å²) in [7, 11) is 3.72. The summed E-state index contributed by atoms with van der Waals surface area (Å²) in [6.45, 7) is 18.6. The molecule has 68 heavy (non-hydrogen) atoms. The van der Waals surface area contributed by atoms with Crippen molar-refractivity contribution in [2.45, 2.75) is 161 Å². The second kappa shape index (κ2) is 21.5. The minimum atomic E-state index is -2.04. The SMILES string of the molecule is CC[C@H]1OC(=O)[C@H](C)C(=O)[C@H](C)[C@@H](O[C@@H]2O[C@H](C)C[C@H](N(C)C)[C@H]2O)[C@](C)(OCC(C)CN2CCN(c3ccc4c(c3)c(=O)c(C(=O)O)cn4C3CC3)CC2)C[C@@H](C)NC(=O)[C@H](C)[C@@H](O)[C@]1(C)O. The second-order valence-corrected chi connectivity index (χ2v) is 21.0. The fraction of sp³-hybridized carbons (Fsp3) is 0.740. The van der Waals surface area contributed by atoms with Crippen LogP contribution in [0.4, 0.5) is 5.69 Å². The first-order valence-electron chi connectivity index (χ1n) is 24.5. The lowest BCUT2D eigenvalue weighted by Gasteiger charge is -2.47. The molecule has 14 atom stereocenters. The van der Waals surface area contributed by atoms with Crippen molar-refractivity contribution >= 4 is 40.2 Å². The highest BCUT2D eigenvalue weighted by atomic mass is 16.7. The maximum Gasteiger partial charge on any atom is 0.341 e. The molecule has 4 aliphatic rings. The van der Waals surface area contributed by atoms with Gasteiger partial charge in [0, 0.05) is 74.0 Å². The summed E-state index contributed by atoms with van der Waals surface area (Å²) in [5.74, 6) is -6.79. The van der Waals surface area contributed by atoms with E-state index in [2.05, 4.69) is 22.0 Å². The van der Waals surface area contributed by atoms with Crippen molar-refractivity contribution in [3.63, 3.8) is 0 Å². The molecule has 1 unspecified atom stereocenters. The predicted octanol–water partition coefficient (Wildman–Crippen LogP) is 3.20. The zero-order valence-corrected chi connectivity index (χ0v) is 41.8. The Balaban J connectivity index is 1.24. The van der Waals surface area contributed by atoms with E-state index in [0.29, 0.717) is 44.5 Å². The number of aliphatic hydroxyl groups excluding tert-OH is 2. The lowest BCUT2D eigenvalue weighted by atomic mass is 9.79. The first kappa shape index (κ1) is 53.3. The molecule has 1 aromatic carbocycles. The number of cyclic esters (lactones) is 1. The number of Topliss-reactive ketones (excluding diaryl/α,β-unsaturated/α-hetero) is 1. The van der Waals surface area contributed by atoms with E-state index in [-0.39, 0.29) is 49.1 Å². The van der Waals surface area contributed by atoms with Crippen LogP contribution in [-0.4, -0.2) is 172 Å². The molecule has 4 heterocycles. The summed E-state index contributed by atoms with van der Waals surface area (Å²) < 4.78 is 27.7. The number of nitrogens with one attached hydrogen (secondary N) is 1. The van der Waals surface area contributed by atoms with Crippen molar-refractivity contribution in [1.82, 2.24) is 19.7 Å². The van der Waals surface area contributed by atoms with Gasteiger partial charge >= 0.3 is 11.9 Å². The van der Waals surface area contributed by atoms with E-state index >= 15 is 0 Å². The predicted molar refractivity (Wildman–Crippen MR) is 254 cm³/mol. The van der Waals surface area contributed by atoms with E-state index in [1.165, 1.54) is 27.0 Å². The van der Waals surface area contributed by atoms with Crippen molar-refractivity contribution in [2.24, 2.45) is 23.7 Å². The van der Waals surface area contributed by atoms with Gasteiger partial charge in [0.05, 0.1) is 42.0 Å². The lowest BCUT2D eigenvalue weighted by molar-refractivity contribution is -0.298. The zero-order chi connectivity index (χ0) is 50.2. The fourth-order valence-corrected chi connectivity index (χ4v) is 10.6. The van der Waals surface area contributed by atoms with Gasteiger partial charge in [-0.05, 0) is 105 Å². The maximum atomic E-state index is 14.6. The number of piperazine rings is 1. The molecule has 380 valence electrons. The molecule has 4 fully saturated rings. The van der Waals surface area contributed by atoms with Crippen LogP contribution < -0.4 is 15.6 Å². The molecular weight excluding hydrogens is 879 g/mol. The number of esters is 1. The number of hydrogen-bond donors (Lipinski definition) is 5. The first-order chi connectivity index (χ1) is 31.9. The number of aromatic carboxylic acids is 1. The Morgan fingerprint density at radius 3 is 2.26 bits per heavy atom. The molecule has 0 bridgehead atoms. The number of hydrogen-bond acceptors (Lipinski definition) is 15. The van der Waals surface area contributed by atoms with E-state index in [1.54, 1.807) is 27.7 Å². The van der Waals surface area contributed by atoms with Crippen molar-refractivity contribution < 1.29 is 58.6 Å². The number of amides is 1. The molecule has 1 aromatic heterocycles. The molecule has 1 amide bonds. The summed E-state index contributed by atoms with van der Waals surface area (Å²) in [6, 6.07) is 4.95. The highest BCUT2D eigenvalue weighted by Crippen LogP contribution is 2.39. The van der Waals surface area contributed by atoms with Gasteiger partial charge in [-0.2, -0.15) is 0 Å². The van der Waals surface area contributed by atoms with Crippen LogP contribution in [-0.2, 0) is 33.3 Å². The monoisotopic (exact) mass is 956 g/mol. The van der Waals surface area contributed by atoms with Crippen molar-refractivity contribution in [1.29, 1.82) is 0 Å². The summed E-state index contributed by atoms with van der Waals surface area (Å²) in [5, 5.41) is 47.8. The summed E-state index contributed by atoms with van der Waals surface area (Å²) in [4.78, 5) is 73.9. The number of pyridine rings is 1. The number of carbonyl (C=O) groups is 4. The van der Waals surface area contributed by atoms with Crippen molar-refractivity contribution in [2.75, 3.05) is 58.3 Å². The Bertz CT molecular complexity index is 2190. The summed E-state index contributed by atoms with van der Waals surface area (Å²) in [5.41, 5.74) is -2.53. The van der Waals surface area contributed by atoms with Gasteiger partial charge in [-0.15, -0.1) is 0 Å². The van der Waals surface area contributed by atoms with Gasteiger partial charge in [-0.3, -0.25) is 24.1 Å². The third-order valence-electron chi connectivity index (χ3n) is 14.9. The van der Waals surface area contributed by atoms with E-state index in [4.69, 9.17) is 18.9 Å². The molecule has 0 radical (unpaired) electrons. The Kier molecular flexibility index (Phi) is 16.9. The van der Waals surface area contributed by atoms with E-state index in [1.807, 2.05) is 48.7 Å². The minimum Gasteiger partial charge on any atom is -0.477 e. The molecule has 1 aliphatic carbocycles. The quantitative estimate of drug-likeness (QED) is 0.152. The average molecular weight is 956 g/mol. The topological polar surface area (TPSA) is 230 Å². The highest BCUT2D eigenvalue weighted by molar-refractivity contribution is 6.00. The number of anilines is 1. The molecule has 3 aliphatic heterocycles. The number of aliphatic hydroxyl groups is 3. The molecule has 3 saturated heterocycles. The number of fused-ring (bicyclic) bond motifs is 1. The van der Waals surface area contributed by atoms with Gasteiger partial charge in [0.25, 0.3) is 0 Å². The summed E-state index contributed by atoms with van der Waals surface area (Å²) >= 11 is 0. The Morgan fingerprint density at radius 2 is 1.66 bits per heavy atom. The van der Waals surface area contributed by atoms with Crippen LogP contribution in [0.5, 0.6) is 0 Å². The van der Waals surface area contributed by atoms with Crippen LogP contribution in [0.3, 0.4) is 0 Å². The number of carboxylic acid groups (broad SMARTS) is 1. The maximum absolute atomic E-state index is 14.6. The third-order valence-corrected chi connectivity index (χ3v) is 14.9. The standard InChI is InChI=1S/C50H77N5O13/c1-12-39-50(9,64)43(59)32(7)45(60)51-28(3)23-49(8,44(30(5)40(56)31(6)47(63)67-39)68-48-42(58)38(52(10)11)21-29(4)66-48)65-26-27(2)24-53-17-19-54(20-18-53)34-15-16-37-35(22-34)41(57)36(46(61)62)25-55(37)33-13-14-33/h15-16,22,25,27-33,38-39,42-44,48,58-59,64H,12-14,17-21,23-24,26H2,1-11H3,(H,51,60)(H,61,62)/t27?,28-,29-,30+,31-,32-,38+,39-,42-,43-,44-,48+,49-,50-/m1/s1. The minimum absolute atomic E-state index is 0.0607. The van der Waals surface area contributed by atoms with Gasteiger partial charge in [0.2, 0.25) is 11.3 Å². The molecule has 1 saturated carbocycles. The van der Waals surface area contributed by atoms with Gasteiger partial charge in [0.1, 0.15) is 29.3 Å². The summed E-state index contributed by atoms with van der Waals surface area (Å²) in [6.07, 6.45) is -2.55. The number of carboxylic acids is 1. The van der Waals surface area contributed by atoms with Crippen LogP contribution in [0.2, 0.25) is 0 Å². The normalized spacial score (nSPS) is 35.7. The van der Waals surface area contributed by atoms with Crippen LogP contribution >= 0.6 is 0 Å². The fourth-order valence-electron chi connectivity index (χ4n) is 10.6. The van der Waals surface area contributed by atoms with Gasteiger partial charge < -0.3 is 59.1 Å².